The Morgan fingerprint density at radius 3 is 2.51 bits per heavy atom. The van der Waals surface area contributed by atoms with Crippen molar-refractivity contribution in [3.8, 4) is 0 Å². The largest absolute Gasteiger partial charge is 0.279 e. The Balaban J connectivity index is 1.51. The fraction of sp³-hybridized carbons (Fsp3) is 0.562. The fourth-order valence-corrected chi connectivity index (χ4v) is 9.70. The lowest BCUT2D eigenvalue weighted by atomic mass is 9.63. The lowest BCUT2D eigenvalue weighted by Gasteiger charge is -2.41. The van der Waals surface area contributed by atoms with Crippen molar-refractivity contribution in [3.05, 3.63) is 51.8 Å². The third-order valence-corrected chi connectivity index (χ3v) is 11.9. The molecule has 2 aromatic heterocycles. The highest BCUT2D eigenvalue weighted by atomic mass is 15.1. The van der Waals surface area contributed by atoms with Crippen molar-refractivity contribution in [2.45, 2.75) is 108 Å². The Bertz CT molecular complexity index is 1640. The van der Waals surface area contributed by atoms with Crippen LogP contribution in [0, 0.1) is 5.41 Å². The summed E-state index contributed by atoms with van der Waals surface area (Å²) in [6.07, 6.45) is 10.4. The molecule has 3 heterocycles. The van der Waals surface area contributed by atoms with Crippen LogP contribution in [0.3, 0.4) is 0 Å². The smallest absolute Gasteiger partial charge is 0.148 e. The molecule has 9 rings (SSSR count). The second-order valence-electron chi connectivity index (χ2n) is 13.6. The van der Waals surface area contributed by atoms with E-state index < -0.39 is 0 Å². The van der Waals surface area contributed by atoms with Crippen LogP contribution < -0.4 is 0 Å². The summed E-state index contributed by atoms with van der Waals surface area (Å²) in [5.41, 5.74) is 13.3. The van der Waals surface area contributed by atoms with Crippen molar-refractivity contribution in [1.29, 1.82) is 0 Å². The second-order valence-corrected chi connectivity index (χ2v) is 13.6. The Kier molecular flexibility index (Phi) is 3.34. The van der Waals surface area contributed by atoms with E-state index in [2.05, 4.69) is 50.3 Å². The standard InChI is InChI=1S/C32H35N3/c1-16-6-5-7-19-13-25-28-27(26(16)19)23-10-11-32(4,31(23,2)3)30-34-24-15-21-18-9-8-17(12-18)20(21)14-22(24)29(33-25)35(28)30/h13-18,23H,5-12H2,1-4H3. The van der Waals surface area contributed by atoms with Crippen LogP contribution in [0.1, 0.15) is 130 Å². The molecule has 5 atom stereocenters. The number of benzene rings is 2. The molecule has 35 heavy (non-hydrogen) atoms. The molecule has 5 unspecified atom stereocenters. The normalized spacial score (nSPS) is 33.7. The topological polar surface area (TPSA) is 30.2 Å². The predicted molar refractivity (Wildman–Crippen MR) is 142 cm³/mol. The average molecular weight is 462 g/mol. The van der Waals surface area contributed by atoms with Gasteiger partial charge in [-0.1, -0.05) is 27.7 Å². The summed E-state index contributed by atoms with van der Waals surface area (Å²) in [6, 6.07) is 7.46. The quantitative estimate of drug-likeness (QED) is 0.265. The molecule has 4 aromatic rings. The number of fused-ring (bicyclic) bond motifs is 13. The number of rotatable bonds is 0. The molecule has 0 spiro atoms. The number of hydrogen-bond acceptors (Lipinski definition) is 2. The maximum absolute atomic E-state index is 5.61. The van der Waals surface area contributed by atoms with Crippen LogP contribution in [0.2, 0.25) is 0 Å². The van der Waals surface area contributed by atoms with Crippen LogP contribution in [0.5, 0.6) is 0 Å². The summed E-state index contributed by atoms with van der Waals surface area (Å²) >= 11 is 0. The zero-order chi connectivity index (χ0) is 23.4. The lowest BCUT2D eigenvalue weighted by Crippen LogP contribution is -2.38. The Morgan fingerprint density at radius 1 is 0.886 bits per heavy atom. The van der Waals surface area contributed by atoms with Gasteiger partial charge in [0.25, 0.3) is 0 Å². The van der Waals surface area contributed by atoms with Gasteiger partial charge in [-0.15, -0.1) is 0 Å². The maximum Gasteiger partial charge on any atom is 0.148 e. The van der Waals surface area contributed by atoms with Crippen LogP contribution >= 0.6 is 0 Å². The van der Waals surface area contributed by atoms with Gasteiger partial charge in [-0.3, -0.25) is 4.40 Å². The van der Waals surface area contributed by atoms with Crippen molar-refractivity contribution in [3.63, 3.8) is 0 Å². The van der Waals surface area contributed by atoms with Crippen LogP contribution in [0.25, 0.3) is 27.6 Å². The number of aromatic nitrogens is 3. The first-order chi connectivity index (χ1) is 16.9. The van der Waals surface area contributed by atoms with E-state index in [1.165, 1.54) is 84.8 Å². The average Bonchev–Trinajstić information content (AvgIpc) is 3.57. The van der Waals surface area contributed by atoms with Gasteiger partial charge in [-0.05, 0) is 126 Å². The van der Waals surface area contributed by atoms with Gasteiger partial charge >= 0.3 is 0 Å². The first kappa shape index (κ1) is 19.7. The van der Waals surface area contributed by atoms with E-state index in [-0.39, 0.29) is 10.8 Å². The molecule has 178 valence electrons. The minimum atomic E-state index is 0.0412. The van der Waals surface area contributed by atoms with Crippen molar-refractivity contribution in [2.24, 2.45) is 5.41 Å². The Hall–Kier alpha value is -2.42. The number of imidazole rings is 1. The fourth-order valence-electron chi connectivity index (χ4n) is 9.70. The Labute approximate surface area is 207 Å². The van der Waals surface area contributed by atoms with Crippen LogP contribution in [0.15, 0.2) is 18.2 Å². The van der Waals surface area contributed by atoms with Gasteiger partial charge in [0.15, 0.2) is 0 Å². The van der Waals surface area contributed by atoms with Gasteiger partial charge in [0.2, 0.25) is 0 Å². The third-order valence-electron chi connectivity index (χ3n) is 11.9. The number of aryl methyl sites for hydroxylation is 1. The molecule has 1 aliphatic heterocycles. The summed E-state index contributed by atoms with van der Waals surface area (Å²) in [4.78, 5) is 11.1. The lowest BCUT2D eigenvalue weighted by molar-refractivity contribution is 0.192. The molecular formula is C32H35N3. The highest BCUT2D eigenvalue weighted by molar-refractivity contribution is 5.99. The first-order valence-electron chi connectivity index (χ1n) is 14.2. The third kappa shape index (κ3) is 2.07. The zero-order valence-corrected chi connectivity index (χ0v) is 21.5. The molecule has 3 heteroatoms. The zero-order valence-electron chi connectivity index (χ0n) is 21.5. The minimum Gasteiger partial charge on any atom is -0.279 e. The molecule has 4 aliphatic carbocycles. The monoisotopic (exact) mass is 461 g/mol. The summed E-state index contributed by atoms with van der Waals surface area (Å²) in [6.45, 7) is 10.1. The molecule has 5 aliphatic rings. The van der Waals surface area contributed by atoms with Gasteiger partial charge in [0.1, 0.15) is 11.5 Å². The molecule has 4 bridgehead atoms. The molecule has 2 saturated carbocycles. The molecule has 0 radical (unpaired) electrons. The van der Waals surface area contributed by atoms with Crippen molar-refractivity contribution >= 4 is 27.6 Å². The van der Waals surface area contributed by atoms with Crippen LogP contribution in [-0.4, -0.2) is 14.4 Å². The van der Waals surface area contributed by atoms with E-state index >= 15 is 0 Å². The maximum atomic E-state index is 5.61. The van der Waals surface area contributed by atoms with Crippen molar-refractivity contribution < 1.29 is 0 Å². The SMILES string of the molecule is CC1CCCc2cc3nc4c5cc6c(cc5nc5n4c3c(c21)C1CCC5(C)C1(C)C)C1CCC6C1. The van der Waals surface area contributed by atoms with Crippen molar-refractivity contribution in [1.82, 2.24) is 14.4 Å². The molecule has 2 aromatic carbocycles. The van der Waals surface area contributed by atoms with E-state index in [9.17, 15) is 0 Å². The van der Waals surface area contributed by atoms with E-state index in [0.29, 0.717) is 11.8 Å². The first-order valence-corrected chi connectivity index (χ1v) is 14.2. The highest BCUT2D eigenvalue weighted by Gasteiger charge is 2.57. The second kappa shape index (κ2) is 5.93. The number of hydrogen-bond donors (Lipinski definition) is 0. The molecule has 0 N–H and O–H groups in total. The highest BCUT2D eigenvalue weighted by Crippen LogP contribution is 2.64. The van der Waals surface area contributed by atoms with E-state index in [4.69, 9.17) is 9.97 Å². The van der Waals surface area contributed by atoms with E-state index in [1.54, 1.807) is 27.8 Å². The molecule has 0 amide bonds. The van der Waals surface area contributed by atoms with Crippen LogP contribution in [0.4, 0.5) is 0 Å². The van der Waals surface area contributed by atoms with E-state index in [1.807, 2.05) is 0 Å². The van der Waals surface area contributed by atoms with Gasteiger partial charge < -0.3 is 0 Å². The van der Waals surface area contributed by atoms with E-state index in [0.717, 1.165) is 11.8 Å². The molecule has 2 fully saturated rings. The van der Waals surface area contributed by atoms with Crippen LogP contribution in [-0.2, 0) is 11.8 Å². The summed E-state index contributed by atoms with van der Waals surface area (Å²) in [5, 5.41) is 1.28. The van der Waals surface area contributed by atoms with Gasteiger partial charge in [0, 0.05) is 10.8 Å². The summed E-state index contributed by atoms with van der Waals surface area (Å²) < 4.78 is 2.56. The molecule has 3 nitrogen and oxygen atoms in total. The minimum absolute atomic E-state index is 0.0412. The van der Waals surface area contributed by atoms with Gasteiger partial charge in [-0.2, -0.15) is 0 Å². The number of nitrogens with zero attached hydrogens (tertiary/aromatic N) is 3. The van der Waals surface area contributed by atoms with Gasteiger partial charge in [0.05, 0.1) is 16.6 Å². The van der Waals surface area contributed by atoms with Gasteiger partial charge in [-0.25, -0.2) is 9.97 Å². The summed E-state index contributed by atoms with van der Waals surface area (Å²) in [7, 11) is 0. The predicted octanol–water partition coefficient (Wildman–Crippen LogP) is 8.02. The summed E-state index contributed by atoms with van der Waals surface area (Å²) in [5.74, 6) is 4.01. The molecular weight excluding hydrogens is 426 g/mol. The molecule has 0 saturated heterocycles. The Morgan fingerprint density at radius 2 is 1.69 bits per heavy atom. The van der Waals surface area contributed by atoms with Crippen molar-refractivity contribution in [2.75, 3.05) is 0 Å².